The maximum Gasteiger partial charge on any atom is 0.221 e. The normalized spacial score (nSPS) is 23.0. The number of rotatable bonds is 6. The fourth-order valence-corrected chi connectivity index (χ4v) is 3.37. The Hall–Kier alpha value is -1.10. The zero-order valence-electron chi connectivity index (χ0n) is 13.8. The smallest absolute Gasteiger partial charge is 0.221 e. The first-order valence-electron chi connectivity index (χ1n) is 8.81. The van der Waals surface area contributed by atoms with Crippen molar-refractivity contribution >= 4 is 11.8 Å². The van der Waals surface area contributed by atoms with E-state index in [4.69, 9.17) is 4.74 Å². The van der Waals surface area contributed by atoms with E-state index < -0.39 is 0 Å². The van der Waals surface area contributed by atoms with E-state index in [1.807, 2.05) is 0 Å². The van der Waals surface area contributed by atoms with Crippen LogP contribution in [0.2, 0.25) is 0 Å². The second-order valence-corrected chi connectivity index (χ2v) is 6.61. The van der Waals surface area contributed by atoms with Crippen LogP contribution < -0.4 is 5.32 Å². The van der Waals surface area contributed by atoms with Crippen LogP contribution in [-0.2, 0) is 14.3 Å². The molecule has 1 unspecified atom stereocenters. The number of nitrogens with zero attached hydrogens (tertiary/aromatic N) is 1. The van der Waals surface area contributed by atoms with E-state index in [0.29, 0.717) is 25.6 Å². The Labute approximate surface area is 133 Å². The van der Waals surface area contributed by atoms with Crippen molar-refractivity contribution in [2.45, 2.75) is 76.9 Å². The molecular weight excluding hydrogens is 280 g/mol. The van der Waals surface area contributed by atoms with Gasteiger partial charge in [0.25, 0.3) is 0 Å². The van der Waals surface area contributed by atoms with Gasteiger partial charge >= 0.3 is 0 Å². The monoisotopic (exact) mass is 310 g/mol. The predicted octanol–water partition coefficient (Wildman–Crippen LogP) is 2.24. The first kappa shape index (κ1) is 17.3. The molecule has 2 amide bonds. The number of hydrogen-bond acceptors (Lipinski definition) is 3. The Bertz CT molecular complexity index is 359. The molecule has 22 heavy (non-hydrogen) atoms. The minimum atomic E-state index is 0.0257. The van der Waals surface area contributed by atoms with Gasteiger partial charge < -0.3 is 15.0 Å². The summed E-state index contributed by atoms with van der Waals surface area (Å²) in [7, 11) is 0. The van der Waals surface area contributed by atoms with Gasteiger partial charge in [-0.15, -0.1) is 0 Å². The predicted molar refractivity (Wildman–Crippen MR) is 85.5 cm³/mol. The van der Waals surface area contributed by atoms with E-state index in [-0.39, 0.29) is 17.9 Å². The Morgan fingerprint density at radius 3 is 2.41 bits per heavy atom. The lowest BCUT2D eigenvalue weighted by Gasteiger charge is -2.24. The topological polar surface area (TPSA) is 58.6 Å². The molecule has 2 rings (SSSR count). The third-order valence-corrected chi connectivity index (χ3v) is 4.72. The lowest BCUT2D eigenvalue weighted by molar-refractivity contribution is -0.131. The zero-order valence-corrected chi connectivity index (χ0v) is 13.8. The summed E-state index contributed by atoms with van der Waals surface area (Å²) >= 11 is 0. The largest absolute Gasteiger partial charge is 0.376 e. The van der Waals surface area contributed by atoms with Crippen LogP contribution in [0.15, 0.2) is 0 Å². The van der Waals surface area contributed by atoms with Gasteiger partial charge in [-0.3, -0.25) is 9.59 Å². The van der Waals surface area contributed by atoms with Crippen LogP contribution in [0.4, 0.5) is 0 Å². The van der Waals surface area contributed by atoms with Gasteiger partial charge in [-0.05, 0) is 25.7 Å². The zero-order chi connectivity index (χ0) is 15.8. The lowest BCUT2D eigenvalue weighted by atomic mass is 10.1. The molecule has 1 N–H and O–H groups in total. The van der Waals surface area contributed by atoms with Gasteiger partial charge in [0.1, 0.15) is 0 Å². The molecule has 0 bridgehead atoms. The standard InChI is InChI=1S/C17H30N2O3/c1-14(20)19(13-16-9-6-12-22-16)11-10-17(21)18-15-7-4-2-3-5-8-15/h15-16H,2-13H2,1H3,(H,18,21). The highest BCUT2D eigenvalue weighted by molar-refractivity contribution is 5.78. The summed E-state index contributed by atoms with van der Waals surface area (Å²) in [6, 6.07) is 0.332. The highest BCUT2D eigenvalue weighted by Gasteiger charge is 2.21. The molecule has 0 radical (unpaired) electrons. The molecule has 1 aliphatic carbocycles. The van der Waals surface area contributed by atoms with E-state index in [1.165, 1.54) is 25.7 Å². The van der Waals surface area contributed by atoms with E-state index in [0.717, 1.165) is 32.3 Å². The Morgan fingerprint density at radius 2 is 1.82 bits per heavy atom. The molecule has 0 spiro atoms. The molecule has 5 heteroatoms. The van der Waals surface area contributed by atoms with Crippen LogP contribution in [-0.4, -0.2) is 48.6 Å². The van der Waals surface area contributed by atoms with Gasteiger partial charge in [-0.2, -0.15) is 0 Å². The third kappa shape index (κ3) is 5.95. The van der Waals surface area contributed by atoms with E-state index in [9.17, 15) is 9.59 Å². The van der Waals surface area contributed by atoms with Gasteiger partial charge in [0.2, 0.25) is 11.8 Å². The molecule has 0 aromatic heterocycles. The molecule has 1 saturated carbocycles. The molecule has 1 atom stereocenters. The van der Waals surface area contributed by atoms with Crippen molar-refractivity contribution in [3.8, 4) is 0 Å². The summed E-state index contributed by atoms with van der Waals surface area (Å²) in [6.07, 6.45) is 9.80. The number of carbonyl (C=O) groups excluding carboxylic acids is 2. The van der Waals surface area contributed by atoms with E-state index in [1.54, 1.807) is 11.8 Å². The van der Waals surface area contributed by atoms with Crippen LogP contribution in [0.3, 0.4) is 0 Å². The van der Waals surface area contributed by atoms with Crippen molar-refractivity contribution in [2.75, 3.05) is 19.7 Å². The summed E-state index contributed by atoms with van der Waals surface area (Å²) < 4.78 is 5.58. The van der Waals surface area contributed by atoms with Crippen molar-refractivity contribution in [3.05, 3.63) is 0 Å². The first-order chi connectivity index (χ1) is 10.6. The van der Waals surface area contributed by atoms with Gasteiger partial charge in [0.15, 0.2) is 0 Å². The van der Waals surface area contributed by atoms with Crippen LogP contribution >= 0.6 is 0 Å². The Morgan fingerprint density at radius 1 is 1.09 bits per heavy atom. The van der Waals surface area contributed by atoms with Crippen LogP contribution in [0, 0.1) is 0 Å². The number of nitrogens with one attached hydrogen (secondary N) is 1. The average Bonchev–Trinajstić information content (AvgIpc) is 2.86. The van der Waals surface area contributed by atoms with E-state index in [2.05, 4.69) is 5.32 Å². The van der Waals surface area contributed by atoms with Crippen molar-refractivity contribution in [2.24, 2.45) is 0 Å². The average molecular weight is 310 g/mol. The molecule has 0 aromatic rings. The second kappa shape index (κ2) is 9.13. The van der Waals surface area contributed by atoms with Gasteiger partial charge in [0, 0.05) is 39.1 Å². The van der Waals surface area contributed by atoms with Crippen LogP contribution in [0.5, 0.6) is 0 Å². The highest BCUT2D eigenvalue weighted by Crippen LogP contribution is 2.17. The van der Waals surface area contributed by atoms with Crippen molar-refractivity contribution in [1.29, 1.82) is 0 Å². The molecule has 2 fully saturated rings. The number of ether oxygens (including phenoxy) is 1. The quantitative estimate of drug-likeness (QED) is 0.766. The summed E-state index contributed by atoms with van der Waals surface area (Å²) in [6.45, 7) is 3.47. The maximum atomic E-state index is 12.1. The summed E-state index contributed by atoms with van der Waals surface area (Å²) in [5.41, 5.74) is 0. The van der Waals surface area contributed by atoms with Crippen molar-refractivity contribution < 1.29 is 14.3 Å². The highest BCUT2D eigenvalue weighted by atomic mass is 16.5. The second-order valence-electron chi connectivity index (χ2n) is 6.61. The molecule has 1 saturated heterocycles. The summed E-state index contributed by atoms with van der Waals surface area (Å²) in [5, 5.41) is 3.14. The summed E-state index contributed by atoms with van der Waals surface area (Å²) in [5.74, 6) is 0.100. The number of amides is 2. The fourth-order valence-electron chi connectivity index (χ4n) is 3.37. The van der Waals surface area contributed by atoms with Crippen LogP contribution in [0.1, 0.15) is 64.7 Å². The Kier molecular flexibility index (Phi) is 7.16. The minimum absolute atomic E-state index is 0.0257. The molecular formula is C17H30N2O3. The van der Waals surface area contributed by atoms with Crippen LogP contribution in [0.25, 0.3) is 0 Å². The van der Waals surface area contributed by atoms with Gasteiger partial charge in [0.05, 0.1) is 6.10 Å². The lowest BCUT2D eigenvalue weighted by Crippen LogP contribution is -2.40. The number of hydrogen-bond donors (Lipinski definition) is 1. The third-order valence-electron chi connectivity index (χ3n) is 4.72. The molecule has 2 aliphatic rings. The SMILES string of the molecule is CC(=O)N(CCC(=O)NC1CCCCCC1)CC1CCCO1. The first-order valence-corrected chi connectivity index (χ1v) is 8.81. The fraction of sp³-hybridized carbons (Fsp3) is 0.882. The maximum absolute atomic E-state index is 12.1. The van der Waals surface area contributed by atoms with Crippen molar-refractivity contribution in [3.63, 3.8) is 0 Å². The van der Waals surface area contributed by atoms with E-state index >= 15 is 0 Å². The van der Waals surface area contributed by atoms with Gasteiger partial charge in [-0.25, -0.2) is 0 Å². The van der Waals surface area contributed by atoms with Crippen molar-refractivity contribution in [1.82, 2.24) is 10.2 Å². The molecule has 126 valence electrons. The number of carbonyl (C=O) groups is 2. The minimum Gasteiger partial charge on any atom is -0.376 e. The molecule has 0 aromatic carbocycles. The van der Waals surface area contributed by atoms with Gasteiger partial charge in [-0.1, -0.05) is 25.7 Å². The molecule has 1 aliphatic heterocycles. The Balaban J connectivity index is 1.70. The summed E-state index contributed by atoms with van der Waals surface area (Å²) in [4.78, 5) is 25.6. The molecule has 5 nitrogen and oxygen atoms in total. The molecule has 1 heterocycles.